The molecule has 0 fully saturated rings. The molecule has 0 aromatic heterocycles. The van der Waals surface area contributed by atoms with Gasteiger partial charge in [0.25, 0.3) is 0 Å². The lowest BCUT2D eigenvalue weighted by atomic mass is 10.1. The third-order valence-corrected chi connectivity index (χ3v) is 5.69. The lowest BCUT2D eigenvalue weighted by Crippen LogP contribution is -2.13. The largest absolute Gasteiger partial charge is 0.490 e. The van der Waals surface area contributed by atoms with Gasteiger partial charge in [0, 0.05) is 33.2 Å². The zero-order valence-corrected chi connectivity index (χ0v) is 19.5. The molecule has 0 saturated heterocycles. The molecule has 3 aromatic rings. The van der Waals surface area contributed by atoms with Gasteiger partial charge in [0.1, 0.15) is 12.4 Å². The minimum absolute atomic E-state index is 0.238. The minimum atomic E-state index is -0.238. The molecule has 7 heteroatoms. The molecule has 3 nitrogen and oxygen atoms in total. The van der Waals surface area contributed by atoms with Crippen molar-refractivity contribution in [3.63, 3.8) is 0 Å². The van der Waals surface area contributed by atoms with Crippen molar-refractivity contribution in [2.75, 3.05) is 6.61 Å². The van der Waals surface area contributed by atoms with E-state index >= 15 is 0 Å². The van der Waals surface area contributed by atoms with Crippen molar-refractivity contribution in [3.05, 3.63) is 91.6 Å². The summed E-state index contributed by atoms with van der Waals surface area (Å²) in [6.07, 6.45) is 0. The Balaban J connectivity index is 1.68. The van der Waals surface area contributed by atoms with Gasteiger partial charge in [-0.3, -0.25) is 0 Å². The van der Waals surface area contributed by atoms with Crippen LogP contribution >= 0.6 is 39.1 Å². The number of benzene rings is 3. The maximum absolute atomic E-state index is 13.0. The van der Waals surface area contributed by atoms with Gasteiger partial charge in [0.05, 0.1) is 6.61 Å². The molecule has 3 rings (SSSR count). The third kappa shape index (κ3) is 6.35. The molecule has 0 atom stereocenters. The van der Waals surface area contributed by atoms with Crippen LogP contribution in [0.25, 0.3) is 0 Å². The Morgan fingerprint density at radius 2 is 1.63 bits per heavy atom. The van der Waals surface area contributed by atoms with Crippen molar-refractivity contribution in [3.8, 4) is 11.5 Å². The predicted molar refractivity (Wildman–Crippen MR) is 123 cm³/mol. The van der Waals surface area contributed by atoms with E-state index in [1.807, 2.05) is 25.1 Å². The van der Waals surface area contributed by atoms with E-state index in [0.717, 1.165) is 21.2 Å². The highest BCUT2D eigenvalue weighted by Gasteiger charge is 2.12. The Kier molecular flexibility index (Phi) is 8.40. The highest BCUT2D eigenvalue weighted by molar-refractivity contribution is 9.10. The summed E-state index contributed by atoms with van der Waals surface area (Å²) in [7, 11) is 0. The first-order valence-electron chi connectivity index (χ1n) is 9.43. The first-order valence-corrected chi connectivity index (χ1v) is 11.0. The number of halogens is 4. The average molecular weight is 513 g/mol. The van der Waals surface area contributed by atoms with E-state index in [1.54, 1.807) is 24.3 Å². The van der Waals surface area contributed by atoms with Crippen LogP contribution in [0.15, 0.2) is 59.1 Å². The van der Waals surface area contributed by atoms with Crippen LogP contribution in [0.2, 0.25) is 10.0 Å². The van der Waals surface area contributed by atoms with E-state index in [2.05, 4.69) is 21.2 Å². The summed E-state index contributed by atoms with van der Waals surface area (Å²) in [6.45, 7) is 3.98. The van der Waals surface area contributed by atoms with Gasteiger partial charge in [-0.2, -0.15) is 0 Å². The van der Waals surface area contributed by atoms with Gasteiger partial charge in [-0.1, -0.05) is 57.3 Å². The van der Waals surface area contributed by atoms with E-state index in [4.69, 9.17) is 32.7 Å². The average Bonchev–Trinajstić information content (AvgIpc) is 2.71. The summed E-state index contributed by atoms with van der Waals surface area (Å²) in [5, 5.41) is 4.50. The smallest absolute Gasteiger partial charge is 0.162 e. The predicted octanol–water partition coefficient (Wildman–Crippen LogP) is 7.16. The van der Waals surface area contributed by atoms with Gasteiger partial charge >= 0.3 is 0 Å². The molecule has 0 aliphatic rings. The minimum Gasteiger partial charge on any atom is -0.490 e. The molecule has 0 bridgehead atoms. The topological polar surface area (TPSA) is 30.5 Å². The van der Waals surface area contributed by atoms with Crippen LogP contribution in [0.5, 0.6) is 11.5 Å². The van der Waals surface area contributed by atoms with Crippen LogP contribution in [-0.4, -0.2) is 6.61 Å². The summed E-state index contributed by atoms with van der Waals surface area (Å²) in [4.78, 5) is 0. The molecule has 0 aliphatic carbocycles. The molecule has 0 saturated carbocycles. The Hall–Kier alpha value is -1.79. The van der Waals surface area contributed by atoms with Crippen LogP contribution in [0, 0.1) is 5.82 Å². The van der Waals surface area contributed by atoms with Crippen molar-refractivity contribution in [2.45, 2.75) is 26.6 Å². The Morgan fingerprint density at radius 1 is 0.900 bits per heavy atom. The quantitative estimate of drug-likeness (QED) is 0.330. The summed E-state index contributed by atoms with van der Waals surface area (Å²) in [6, 6.07) is 15.6. The summed E-state index contributed by atoms with van der Waals surface area (Å²) in [5.41, 5.74) is 2.87. The van der Waals surface area contributed by atoms with Crippen molar-refractivity contribution in [1.29, 1.82) is 0 Å². The number of ether oxygens (including phenoxy) is 2. The second kappa shape index (κ2) is 11.0. The number of nitrogens with one attached hydrogen (secondary N) is 1. The molecule has 3 aromatic carbocycles. The first-order chi connectivity index (χ1) is 14.5. The van der Waals surface area contributed by atoms with E-state index < -0.39 is 0 Å². The fraction of sp³-hybridized carbons (Fsp3) is 0.217. The SMILES string of the molecule is CCOc1cc(CNCc2ccc(F)cc2)c(Br)cc1OCc1ccc(Cl)cc1Cl. The van der Waals surface area contributed by atoms with E-state index in [0.29, 0.717) is 47.8 Å². The van der Waals surface area contributed by atoms with E-state index in [-0.39, 0.29) is 5.82 Å². The molecule has 158 valence electrons. The van der Waals surface area contributed by atoms with Gasteiger partial charge in [-0.25, -0.2) is 4.39 Å². The normalized spacial score (nSPS) is 10.8. The van der Waals surface area contributed by atoms with Crippen molar-refractivity contribution in [1.82, 2.24) is 5.32 Å². The summed E-state index contributed by atoms with van der Waals surface area (Å²) in [5.74, 6) is 1.04. The lowest BCUT2D eigenvalue weighted by molar-refractivity contribution is 0.269. The molecular formula is C23H21BrCl2FNO2. The fourth-order valence-corrected chi connectivity index (χ4v) is 3.76. The van der Waals surface area contributed by atoms with Crippen molar-refractivity contribution < 1.29 is 13.9 Å². The van der Waals surface area contributed by atoms with Gasteiger partial charge in [0.15, 0.2) is 11.5 Å². The highest BCUT2D eigenvalue weighted by Crippen LogP contribution is 2.35. The Bertz CT molecular complexity index is 999. The number of hydrogen-bond acceptors (Lipinski definition) is 3. The Labute approximate surface area is 194 Å². The monoisotopic (exact) mass is 511 g/mol. The number of rotatable bonds is 9. The third-order valence-electron chi connectivity index (χ3n) is 4.37. The summed E-state index contributed by atoms with van der Waals surface area (Å²) < 4.78 is 25.7. The van der Waals surface area contributed by atoms with Gasteiger partial charge in [-0.15, -0.1) is 0 Å². The van der Waals surface area contributed by atoms with Crippen LogP contribution in [0.1, 0.15) is 23.6 Å². The van der Waals surface area contributed by atoms with E-state index in [9.17, 15) is 4.39 Å². The molecule has 0 spiro atoms. The molecule has 0 unspecified atom stereocenters. The highest BCUT2D eigenvalue weighted by atomic mass is 79.9. The second-order valence-electron chi connectivity index (χ2n) is 6.58. The standard InChI is InChI=1S/C23H21BrCl2FNO2/c1-2-29-22-9-17(13-28-12-15-3-7-19(27)8-4-15)20(24)11-23(22)30-14-16-5-6-18(25)10-21(16)26/h3-11,28H,2,12-14H2,1H3. The Morgan fingerprint density at radius 3 is 2.33 bits per heavy atom. The molecule has 0 aliphatic heterocycles. The van der Waals surface area contributed by atoms with Crippen LogP contribution in [0.3, 0.4) is 0 Å². The maximum atomic E-state index is 13.0. The molecule has 30 heavy (non-hydrogen) atoms. The van der Waals surface area contributed by atoms with Gasteiger partial charge < -0.3 is 14.8 Å². The molecule has 1 N–H and O–H groups in total. The molecule has 0 heterocycles. The fourth-order valence-electron chi connectivity index (χ4n) is 2.83. The van der Waals surface area contributed by atoms with Crippen LogP contribution in [0.4, 0.5) is 4.39 Å². The second-order valence-corrected chi connectivity index (χ2v) is 8.28. The summed E-state index contributed by atoms with van der Waals surface area (Å²) >= 11 is 15.8. The van der Waals surface area contributed by atoms with Crippen molar-refractivity contribution in [2.24, 2.45) is 0 Å². The van der Waals surface area contributed by atoms with Gasteiger partial charge in [0.2, 0.25) is 0 Å². The van der Waals surface area contributed by atoms with Gasteiger partial charge in [-0.05, 0) is 54.4 Å². The maximum Gasteiger partial charge on any atom is 0.162 e. The van der Waals surface area contributed by atoms with Crippen molar-refractivity contribution >= 4 is 39.1 Å². The molecule has 0 amide bonds. The lowest BCUT2D eigenvalue weighted by Gasteiger charge is -2.16. The van der Waals surface area contributed by atoms with E-state index in [1.165, 1.54) is 12.1 Å². The zero-order valence-electron chi connectivity index (χ0n) is 16.4. The molecule has 0 radical (unpaired) electrons. The zero-order chi connectivity index (χ0) is 21.5. The number of hydrogen-bond donors (Lipinski definition) is 1. The van der Waals surface area contributed by atoms with Crippen LogP contribution < -0.4 is 14.8 Å². The molecular weight excluding hydrogens is 492 g/mol. The van der Waals surface area contributed by atoms with Crippen LogP contribution in [-0.2, 0) is 19.7 Å². The first kappa shape index (κ1) is 22.9.